The van der Waals surface area contributed by atoms with Crippen LogP contribution in [0.25, 0.3) is 0 Å². The van der Waals surface area contributed by atoms with E-state index in [2.05, 4.69) is 24.0 Å². The molecule has 1 saturated heterocycles. The maximum absolute atomic E-state index is 6.04. The summed E-state index contributed by atoms with van der Waals surface area (Å²) in [7, 11) is 1.65. The molecule has 0 radical (unpaired) electrons. The zero-order chi connectivity index (χ0) is 13.3. The maximum atomic E-state index is 6.04. The van der Waals surface area contributed by atoms with Crippen LogP contribution in [-0.2, 0) is 14.9 Å². The van der Waals surface area contributed by atoms with E-state index in [1.165, 1.54) is 0 Å². The number of nitrogens with zero attached hydrogens (tertiary/aromatic N) is 2. The molecule has 2 rings (SSSR count). The van der Waals surface area contributed by atoms with Crippen LogP contribution >= 0.6 is 0 Å². The molecule has 0 bridgehead atoms. The zero-order valence-electron chi connectivity index (χ0n) is 11.3. The monoisotopic (exact) mass is 255 g/mol. The topological polar surface area (TPSA) is 83.4 Å². The molecule has 6 nitrogen and oxygen atoms in total. The minimum absolute atomic E-state index is 0.120. The normalized spacial score (nSPS) is 30.0. The predicted octanol–water partition coefficient (Wildman–Crippen LogP) is 1.03. The van der Waals surface area contributed by atoms with Crippen molar-refractivity contribution in [3.8, 4) is 0 Å². The molecule has 0 amide bonds. The molecule has 102 valence electrons. The molecular weight excluding hydrogens is 234 g/mol. The Kier molecular flexibility index (Phi) is 3.70. The lowest BCUT2D eigenvalue weighted by molar-refractivity contribution is 0.0555. The molecule has 1 aliphatic rings. The number of aromatic nitrogens is 2. The van der Waals surface area contributed by atoms with Gasteiger partial charge in [-0.2, -0.15) is 4.98 Å². The van der Waals surface area contributed by atoms with Crippen molar-refractivity contribution in [3.05, 3.63) is 11.7 Å². The van der Waals surface area contributed by atoms with Gasteiger partial charge in [0.05, 0.1) is 18.6 Å². The van der Waals surface area contributed by atoms with Crippen molar-refractivity contribution in [2.24, 2.45) is 11.7 Å². The van der Waals surface area contributed by atoms with Crippen LogP contribution in [0.4, 0.5) is 0 Å². The van der Waals surface area contributed by atoms with Crippen molar-refractivity contribution < 1.29 is 14.0 Å². The highest BCUT2D eigenvalue weighted by Gasteiger charge is 2.44. The molecule has 1 aliphatic heterocycles. The van der Waals surface area contributed by atoms with Gasteiger partial charge in [-0.05, 0) is 12.8 Å². The fourth-order valence-corrected chi connectivity index (χ4v) is 2.17. The Hall–Kier alpha value is -0.980. The molecule has 1 aromatic rings. The van der Waals surface area contributed by atoms with Gasteiger partial charge in [0.1, 0.15) is 6.10 Å². The van der Waals surface area contributed by atoms with Gasteiger partial charge < -0.3 is 19.7 Å². The van der Waals surface area contributed by atoms with Gasteiger partial charge in [0.2, 0.25) is 11.7 Å². The van der Waals surface area contributed by atoms with E-state index in [0.717, 1.165) is 0 Å². The average Bonchev–Trinajstić information content (AvgIpc) is 2.89. The molecule has 2 heterocycles. The van der Waals surface area contributed by atoms with Crippen LogP contribution < -0.4 is 5.73 Å². The van der Waals surface area contributed by atoms with Gasteiger partial charge >= 0.3 is 0 Å². The smallest absolute Gasteiger partial charge is 0.236 e. The van der Waals surface area contributed by atoms with Crippen LogP contribution in [0.1, 0.15) is 38.6 Å². The third kappa shape index (κ3) is 2.15. The van der Waals surface area contributed by atoms with E-state index in [1.54, 1.807) is 7.11 Å². The number of hydrogen-bond acceptors (Lipinski definition) is 6. The van der Waals surface area contributed by atoms with E-state index in [9.17, 15) is 0 Å². The van der Waals surface area contributed by atoms with Gasteiger partial charge in [0, 0.05) is 13.2 Å². The fourth-order valence-electron chi connectivity index (χ4n) is 2.17. The highest BCUT2D eigenvalue weighted by atomic mass is 16.5. The lowest BCUT2D eigenvalue weighted by Gasteiger charge is -2.21. The minimum atomic E-state index is -0.402. The largest absolute Gasteiger partial charge is 0.379 e. The Morgan fingerprint density at radius 3 is 2.72 bits per heavy atom. The van der Waals surface area contributed by atoms with Crippen molar-refractivity contribution in [1.29, 1.82) is 0 Å². The first kappa shape index (κ1) is 13.5. The van der Waals surface area contributed by atoms with Crippen molar-refractivity contribution in [2.45, 2.75) is 38.3 Å². The van der Waals surface area contributed by atoms with Crippen molar-refractivity contribution in [2.75, 3.05) is 20.3 Å². The van der Waals surface area contributed by atoms with E-state index >= 15 is 0 Å². The summed E-state index contributed by atoms with van der Waals surface area (Å²) in [6.45, 7) is 7.12. The summed E-state index contributed by atoms with van der Waals surface area (Å²) in [5.74, 6) is 1.38. The first-order chi connectivity index (χ1) is 8.49. The standard InChI is InChI=1S/C12H21N3O3/c1-7(2)9(16-4)10-14-11(18-15-10)12(3)6-17-5-8(12)13/h7-9H,5-6,13H2,1-4H3. The van der Waals surface area contributed by atoms with Gasteiger partial charge in [-0.25, -0.2) is 0 Å². The summed E-state index contributed by atoms with van der Waals surface area (Å²) in [4.78, 5) is 4.44. The Labute approximate surface area is 107 Å². The summed E-state index contributed by atoms with van der Waals surface area (Å²) in [5, 5.41) is 4.01. The van der Waals surface area contributed by atoms with E-state index in [1.807, 2.05) is 6.92 Å². The van der Waals surface area contributed by atoms with Gasteiger partial charge in [0.15, 0.2) is 0 Å². The number of rotatable bonds is 4. The predicted molar refractivity (Wildman–Crippen MR) is 65.0 cm³/mol. The van der Waals surface area contributed by atoms with Gasteiger partial charge in [0.25, 0.3) is 0 Å². The van der Waals surface area contributed by atoms with Crippen LogP contribution in [0.2, 0.25) is 0 Å². The molecule has 18 heavy (non-hydrogen) atoms. The third-order valence-electron chi connectivity index (χ3n) is 3.56. The second kappa shape index (κ2) is 4.95. The molecule has 3 atom stereocenters. The van der Waals surface area contributed by atoms with Gasteiger partial charge in [-0.3, -0.25) is 0 Å². The zero-order valence-corrected chi connectivity index (χ0v) is 11.3. The summed E-state index contributed by atoms with van der Waals surface area (Å²) < 4.78 is 16.1. The SMILES string of the molecule is COC(c1noc(C2(C)COCC2N)n1)C(C)C. The highest BCUT2D eigenvalue weighted by molar-refractivity contribution is 5.12. The van der Waals surface area contributed by atoms with E-state index < -0.39 is 5.41 Å². The molecule has 0 aliphatic carbocycles. The molecule has 1 fully saturated rings. The molecule has 0 aromatic carbocycles. The van der Waals surface area contributed by atoms with Crippen LogP contribution in [0, 0.1) is 5.92 Å². The second-order valence-corrected chi connectivity index (χ2v) is 5.40. The van der Waals surface area contributed by atoms with Crippen molar-refractivity contribution >= 4 is 0 Å². The van der Waals surface area contributed by atoms with Crippen LogP contribution in [0.5, 0.6) is 0 Å². The van der Waals surface area contributed by atoms with Crippen molar-refractivity contribution in [3.63, 3.8) is 0 Å². The first-order valence-corrected chi connectivity index (χ1v) is 6.19. The Bertz CT molecular complexity index is 407. The van der Waals surface area contributed by atoms with E-state index in [4.69, 9.17) is 19.7 Å². The molecule has 0 spiro atoms. The van der Waals surface area contributed by atoms with E-state index in [0.29, 0.717) is 24.9 Å². The Balaban J connectivity index is 2.25. The lowest BCUT2D eigenvalue weighted by atomic mass is 9.86. The number of hydrogen-bond donors (Lipinski definition) is 1. The summed E-state index contributed by atoms with van der Waals surface area (Å²) in [6.07, 6.45) is -0.162. The highest BCUT2D eigenvalue weighted by Crippen LogP contribution is 2.32. The second-order valence-electron chi connectivity index (χ2n) is 5.40. The summed E-state index contributed by atoms with van der Waals surface area (Å²) >= 11 is 0. The van der Waals surface area contributed by atoms with Gasteiger partial charge in [-0.1, -0.05) is 19.0 Å². The average molecular weight is 255 g/mol. The van der Waals surface area contributed by atoms with Crippen LogP contribution in [0.3, 0.4) is 0 Å². The molecule has 6 heteroatoms. The third-order valence-corrected chi connectivity index (χ3v) is 3.56. The summed E-state index contributed by atoms with van der Waals surface area (Å²) in [5.41, 5.74) is 5.64. The maximum Gasteiger partial charge on any atom is 0.236 e. The van der Waals surface area contributed by atoms with Gasteiger partial charge in [-0.15, -0.1) is 0 Å². The summed E-state index contributed by atoms with van der Waals surface area (Å²) in [6, 6.07) is -0.120. The quantitative estimate of drug-likeness (QED) is 0.865. The molecule has 2 N–H and O–H groups in total. The number of ether oxygens (including phenoxy) is 2. The molecule has 1 aromatic heterocycles. The number of methoxy groups -OCH3 is 1. The fraction of sp³-hybridized carbons (Fsp3) is 0.833. The molecule has 0 saturated carbocycles. The van der Waals surface area contributed by atoms with E-state index in [-0.39, 0.29) is 18.1 Å². The van der Waals surface area contributed by atoms with Crippen LogP contribution in [0.15, 0.2) is 4.52 Å². The Morgan fingerprint density at radius 1 is 1.50 bits per heavy atom. The first-order valence-electron chi connectivity index (χ1n) is 6.19. The lowest BCUT2D eigenvalue weighted by Crippen LogP contribution is -2.42. The molecule has 3 unspecified atom stereocenters. The minimum Gasteiger partial charge on any atom is -0.379 e. The van der Waals surface area contributed by atoms with Crippen LogP contribution in [-0.4, -0.2) is 36.5 Å². The molecular formula is C12H21N3O3. The Morgan fingerprint density at radius 2 is 2.22 bits per heavy atom. The van der Waals surface area contributed by atoms with Crippen molar-refractivity contribution in [1.82, 2.24) is 10.1 Å². The number of nitrogens with two attached hydrogens (primary N) is 1.